The largest absolute Gasteiger partial charge is 0.496 e. The highest BCUT2D eigenvalue weighted by Gasteiger charge is 2.16. The van der Waals surface area contributed by atoms with Gasteiger partial charge < -0.3 is 10.1 Å². The van der Waals surface area contributed by atoms with Crippen molar-refractivity contribution < 1.29 is 14.4 Å². The van der Waals surface area contributed by atoms with E-state index < -0.39 is 6.09 Å². The minimum Gasteiger partial charge on any atom is -0.496 e. The topological polar surface area (TPSA) is 59.9 Å². The van der Waals surface area contributed by atoms with Crippen molar-refractivity contribution in [3.05, 3.63) is 29.8 Å². The summed E-state index contributed by atoms with van der Waals surface area (Å²) in [4.78, 5) is 16.4. The van der Waals surface area contributed by atoms with Gasteiger partial charge in [0.2, 0.25) is 0 Å². The Kier molecular flexibility index (Phi) is 5.41. The smallest absolute Gasteiger partial charge is 0.433 e. The van der Waals surface area contributed by atoms with Gasteiger partial charge in [-0.1, -0.05) is 36.6 Å². The molecule has 0 atom stereocenters. The van der Waals surface area contributed by atoms with Crippen LogP contribution in [0.15, 0.2) is 29.4 Å². The number of rotatable bonds is 4. The number of methoxy groups -OCH3 is 1. The van der Waals surface area contributed by atoms with Crippen LogP contribution in [0.3, 0.4) is 0 Å². The molecule has 0 heterocycles. The SMILES string of the molecule is COc1ccccc1/C=N/OC(=O)NC1CCCCC1. The highest BCUT2D eigenvalue weighted by atomic mass is 16.7. The van der Waals surface area contributed by atoms with Crippen molar-refractivity contribution in [2.75, 3.05) is 7.11 Å². The molecule has 1 aliphatic carbocycles. The van der Waals surface area contributed by atoms with Crippen LogP contribution in [0.1, 0.15) is 37.7 Å². The van der Waals surface area contributed by atoms with Gasteiger partial charge in [0.15, 0.2) is 0 Å². The molecule has 1 amide bonds. The van der Waals surface area contributed by atoms with Crippen LogP contribution in [-0.4, -0.2) is 25.5 Å². The van der Waals surface area contributed by atoms with Gasteiger partial charge in [0.05, 0.1) is 13.3 Å². The lowest BCUT2D eigenvalue weighted by Gasteiger charge is -2.21. The van der Waals surface area contributed by atoms with E-state index >= 15 is 0 Å². The summed E-state index contributed by atoms with van der Waals surface area (Å²) in [5.74, 6) is 0.688. The van der Waals surface area contributed by atoms with Crippen molar-refractivity contribution >= 4 is 12.3 Å². The Morgan fingerprint density at radius 3 is 2.80 bits per heavy atom. The predicted octanol–water partition coefficient (Wildman–Crippen LogP) is 3.09. The number of nitrogens with one attached hydrogen (secondary N) is 1. The van der Waals surface area contributed by atoms with E-state index in [1.54, 1.807) is 7.11 Å². The van der Waals surface area contributed by atoms with Crippen LogP contribution in [0.2, 0.25) is 0 Å². The Morgan fingerprint density at radius 1 is 1.30 bits per heavy atom. The van der Waals surface area contributed by atoms with E-state index in [2.05, 4.69) is 10.5 Å². The third-order valence-electron chi connectivity index (χ3n) is 3.39. The molecule has 5 heteroatoms. The van der Waals surface area contributed by atoms with Crippen LogP contribution in [-0.2, 0) is 4.84 Å². The second-order valence-electron chi connectivity index (χ2n) is 4.83. The van der Waals surface area contributed by atoms with E-state index in [1.807, 2.05) is 24.3 Å². The maximum absolute atomic E-state index is 11.6. The summed E-state index contributed by atoms with van der Waals surface area (Å²) in [5, 5.41) is 6.53. The number of ether oxygens (including phenoxy) is 1. The Bertz CT molecular complexity index is 468. The van der Waals surface area contributed by atoms with E-state index in [0.29, 0.717) is 5.75 Å². The lowest BCUT2D eigenvalue weighted by molar-refractivity contribution is 0.144. The number of nitrogens with zero attached hydrogens (tertiary/aromatic N) is 1. The Morgan fingerprint density at radius 2 is 2.05 bits per heavy atom. The first-order chi connectivity index (χ1) is 9.79. The van der Waals surface area contributed by atoms with Gasteiger partial charge in [-0.05, 0) is 25.0 Å². The monoisotopic (exact) mass is 276 g/mol. The lowest BCUT2D eigenvalue weighted by atomic mass is 9.96. The molecule has 0 aliphatic heterocycles. The number of para-hydroxylation sites is 1. The maximum Gasteiger partial charge on any atom is 0.433 e. The normalized spacial score (nSPS) is 16.1. The molecular weight excluding hydrogens is 256 g/mol. The summed E-state index contributed by atoms with van der Waals surface area (Å²) in [6, 6.07) is 7.62. The highest BCUT2D eigenvalue weighted by Crippen LogP contribution is 2.17. The average Bonchev–Trinajstić information content (AvgIpc) is 2.49. The molecular formula is C15H20N2O3. The Balaban J connectivity index is 1.81. The summed E-state index contributed by atoms with van der Waals surface area (Å²) in [5.41, 5.74) is 0.764. The zero-order chi connectivity index (χ0) is 14.2. The van der Waals surface area contributed by atoms with E-state index in [-0.39, 0.29) is 6.04 Å². The van der Waals surface area contributed by atoms with Crippen LogP contribution >= 0.6 is 0 Å². The first-order valence-corrected chi connectivity index (χ1v) is 6.93. The molecule has 20 heavy (non-hydrogen) atoms. The van der Waals surface area contributed by atoms with E-state index in [4.69, 9.17) is 9.57 Å². The zero-order valence-electron chi connectivity index (χ0n) is 11.7. The number of amides is 1. The summed E-state index contributed by atoms with van der Waals surface area (Å²) in [6.07, 6.45) is 6.59. The molecule has 1 saturated carbocycles. The molecule has 1 aromatic carbocycles. The van der Waals surface area contributed by atoms with Crippen molar-refractivity contribution in [3.8, 4) is 5.75 Å². The third-order valence-corrected chi connectivity index (χ3v) is 3.39. The average molecular weight is 276 g/mol. The highest BCUT2D eigenvalue weighted by molar-refractivity contribution is 5.83. The number of hydrogen-bond acceptors (Lipinski definition) is 4. The van der Waals surface area contributed by atoms with Gasteiger partial charge >= 0.3 is 6.09 Å². The zero-order valence-corrected chi connectivity index (χ0v) is 11.7. The number of oxime groups is 1. The van der Waals surface area contributed by atoms with Crippen LogP contribution in [0.4, 0.5) is 4.79 Å². The second-order valence-corrected chi connectivity index (χ2v) is 4.83. The fourth-order valence-electron chi connectivity index (χ4n) is 2.34. The van der Waals surface area contributed by atoms with Gasteiger partial charge in [0.1, 0.15) is 5.75 Å². The van der Waals surface area contributed by atoms with Crippen molar-refractivity contribution in [1.29, 1.82) is 0 Å². The van der Waals surface area contributed by atoms with Crippen molar-refractivity contribution in [2.45, 2.75) is 38.1 Å². The number of hydrogen-bond donors (Lipinski definition) is 1. The fourth-order valence-corrected chi connectivity index (χ4v) is 2.34. The standard InChI is InChI=1S/C15H20N2O3/c1-19-14-10-6-5-7-12(14)11-16-20-15(18)17-13-8-3-2-4-9-13/h5-7,10-11,13H,2-4,8-9H2,1H3,(H,17,18)/b16-11+. The van der Waals surface area contributed by atoms with Gasteiger partial charge in [-0.2, -0.15) is 0 Å². The fraction of sp³-hybridized carbons (Fsp3) is 0.467. The minimum absolute atomic E-state index is 0.220. The van der Waals surface area contributed by atoms with Gasteiger partial charge in [-0.3, -0.25) is 4.84 Å². The van der Waals surface area contributed by atoms with Crippen LogP contribution in [0.5, 0.6) is 5.75 Å². The van der Waals surface area contributed by atoms with Crippen molar-refractivity contribution in [2.24, 2.45) is 5.16 Å². The summed E-state index contributed by atoms with van der Waals surface area (Å²) < 4.78 is 5.18. The summed E-state index contributed by atoms with van der Waals surface area (Å²) >= 11 is 0. The molecule has 0 saturated heterocycles. The molecule has 5 nitrogen and oxygen atoms in total. The molecule has 0 aromatic heterocycles. The quantitative estimate of drug-likeness (QED) is 0.522. The van der Waals surface area contributed by atoms with Crippen LogP contribution < -0.4 is 10.1 Å². The summed E-state index contributed by atoms with van der Waals surface area (Å²) in [6.45, 7) is 0. The van der Waals surface area contributed by atoms with Gasteiger partial charge in [-0.25, -0.2) is 4.79 Å². The second kappa shape index (κ2) is 7.53. The molecule has 0 unspecified atom stereocenters. The lowest BCUT2D eigenvalue weighted by Crippen LogP contribution is -2.35. The molecule has 1 fully saturated rings. The Labute approximate surface area is 118 Å². The minimum atomic E-state index is -0.497. The molecule has 0 bridgehead atoms. The Hall–Kier alpha value is -2.04. The number of carbonyl (C=O) groups excluding carboxylic acids is 1. The third kappa shape index (κ3) is 4.26. The van der Waals surface area contributed by atoms with E-state index in [0.717, 1.165) is 31.2 Å². The molecule has 1 aliphatic rings. The molecule has 0 radical (unpaired) electrons. The molecule has 2 rings (SSSR count). The van der Waals surface area contributed by atoms with Crippen LogP contribution in [0.25, 0.3) is 0 Å². The van der Waals surface area contributed by atoms with Gasteiger partial charge in [0, 0.05) is 11.6 Å². The van der Waals surface area contributed by atoms with Gasteiger partial charge in [0.25, 0.3) is 0 Å². The first-order valence-electron chi connectivity index (χ1n) is 6.93. The van der Waals surface area contributed by atoms with E-state index in [1.165, 1.54) is 12.6 Å². The molecule has 108 valence electrons. The molecule has 1 N–H and O–H groups in total. The molecule has 1 aromatic rings. The summed E-state index contributed by atoms with van der Waals surface area (Å²) in [7, 11) is 1.59. The number of carbonyl (C=O) groups is 1. The maximum atomic E-state index is 11.6. The van der Waals surface area contributed by atoms with Crippen molar-refractivity contribution in [3.63, 3.8) is 0 Å². The predicted molar refractivity (Wildman–Crippen MR) is 77.1 cm³/mol. The van der Waals surface area contributed by atoms with Gasteiger partial charge in [-0.15, -0.1) is 0 Å². The van der Waals surface area contributed by atoms with Crippen molar-refractivity contribution in [1.82, 2.24) is 5.32 Å². The first kappa shape index (κ1) is 14.4. The van der Waals surface area contributed by atoms with Crippen LogP contribution in [0, 0.1) is 0 Å². The number of benzene rings is 1. The molecule has 0 spiro atoms. The van der Waals surface area contributed by atoms with E-state index in [9.17, 15) is 4.79 Å².